The van der Waals surface area contributed by atoms with E-state index in [0.29, 0.717) is 16.3 Å². The van der Waals surface area contributed by atoms with Crippen molar-refractivity contribution in [3.8, 4) is 17.3 Å². The molecule has 1 aromatic carbocycles. The molecule has 3 rings (SSSR count). The van der Waals surface area contributed by atoms with E-state index in [0.717, 1.165) is 4.52 Å². The number of nitrogens with zero attached hydrogens (tertiary/aromatic N) is 4. The van der Waals surface area contributed by atoms with Crippen molar-refractivity contribution in [1.29, 1.82) is 0 Å². The lowest BCUT2D eigenvalue weighted by molar-refractivity contribution is 0.0687. The van der Waals surface area contributed by atoms with Gasteiger partial charge in [-0.05, 0) is 12.1 Å². The van der Waals surface area contributed by atoms with Gasteiger partial charge in [0.1, 0.15) is 0 Å². The molecule has 0 saturated carbocycles. The summed E-state index contributed by atoms with van der Waals surface area (Å²) < 4.78 is 6.01. The Bertz CT molecular complexity index is 847. The van der Waals surface area contributed by atoms with Crippen LogP contribution in [0.15, 0.2) is 30.3 Å². The molecule has 0 radical (unpaired) electrons. The van der Waals surface area contributed by atoms with E-state index in [2.05, 4.69) is 15.1 Å². The van der Waals surface area contributed by atoms with Crippen molar-refractivity contribution >= 4 is 23.3 Å². The number of hydrogen-bond acceptors (Lipinski definition) is 5. The summed E-state index contributed by atoms with van der Waals surface area (Å²) in [6.07, 6.45) is 0. The summed E-state index contributed by atoms with van der Waals surface area (Å²) in [6, 6.07) is 8.46. The zero-order valence-corrected chi connectivity index (χ0v) is 11.6. The number of halogens is 1. The smallest absolute Gasteiger partial charge is 0.354 e. The number of ether oxygens (including phenoxy) is 1. The molecular formula is C13H9ClN4O3. The lowest BCUT2D eigenvalue weighted by atomic mass is 10.1. The number of carbonyl (C=O) groups is 1. The quantitative estimate of drug-likeness (QED) is 0.797. The fourth-order valence-electron chi connectivity index (χ4n) is 1.90. The molecule has 21 heavy (non-hydrogen) atoms. The summed E-state index contributed by atoms with van der Waals surface area (Å²) in [7, 11) is 1.39. The van der Waals surface area contributed by atoms with Crippen molar-refractivity contribution in [2.75, 3.05) is 7.11 Å². The summed E-state index contributed by atoms with van der Waals surface area (Å²) in [5.74, 6) is -1.02. The van der Waals surface area contributed by atoms with Crippen LogP contribution in [0.1, 0.15) is 10.5 Å². The first kappa shape index (κ1) is 13.3. The Morgan fingerprint density at radius 1 is 1.33 bits per heavy atom. The fourth-order valence-corrected chi connectivity index (χ4v) is 2.13. The van der Waals surface area contributed by atoms with Crippen LogP contribution in [0.4, 0.5) is 0 Å². The van der Waals surface area contributed by atoms with Crippen molar-refractivity contribution in [3.05, 3.63) is 41.0 Å². The van der Waals surface area contributed by atoms with Crippen LogP contribution in [0.25, 0.3) is 17.0 Å². The first-order valence-corrected chi connectivity index (χ1v) is 6.28. The third kappa shape index (κ3) is 2.27. The summed E-state index contributed by atoms with van der Waals surface area (Å²) in [6.45, 7) is 0. The van der Waals surface area contributed by atoms with Gasteiger partial charge in [-0.15, -0.1) is 5.10 Å². The van der Waals surface area contributed by atoms with Crippen molar-refractivity contribution in [1.82, 2.24) is 19.6 Å². The lowest BCUT2D eigenvalue weighted by Crippen LogP contribution is -2.08. The normalized spacial score (nSPS) is 10.8. The second-order valence-electron chi connectivity index (χ2n) is 4.12. The molecule has 0 aliphatic carbocycles. The van der Waals surface area contributed by atoms with Crippen LogP contribution < -0.4 is 4.74 Å². The first-order valence-electron chi connectivity index (χ1n) is 5.90. The average Bonchev–Trinajstić information content (AvgIpc) is 2.89. The summed E-state index contributed by atoms with van der Waals surface area (Å²) in [5.41, 5.74) is 0.942. The highest BCUT2D eigenvalue weighted by Crippen LogP contribution is 2.27. The maximum Gasteiger partial charge on any atom is 0.354 e. The number of aromatic carboxylic acids is 1. The molecule has 8 heteroatoms. The van der Waals surface area contributed by atoms with E-state index < -0.39 is 5.97 Å². The van der Waals surface area contributed by atoms with Crippen molar-refractivity contribution in [2.24, 2.45) is 0 Å². The minimum absolute atomic E-state index is 0.0429. The predicted molar refractivity (Wildman–Crippen MR) is 74.7 cm³/mol. The number of carboxylic acid groups (broad SMARTS) is 1. The van der Waals surface area contributed by atoms with Crippen molar-refractivity contribution < 1.29 is 14.6 Å². The van der Waals surface area contributed by atoms with Gasteiger partial charge in [-0.2, -0.15) is 9.50 Å². The van der Waals surface area contributed by atoms with E-state index in [4.69, 9.17) is 16.3 Å². The van der Waals surface area contributed by atoms with Crippen LogP contribution in [0.3, 0.4) is 0 Å². The Balaban J connectivity index is 2.30. The molecule has 106 valence electrons. The predicted octanol–water partition coefficient (Wildman–Crippen LogP) is 2.15. The Hall–Kier alpha value is -2.67. The topological polar surface area (TPSA) is 89.6 Å². The third-order valence-electron chi connectivity index (χ3n) is 2.84. The van der Waals surface area contributed by atoms with Crippen LogP contribution in [-0.2, 0) is 0 Å². The van der Waals surface area contributed by atoms with Gasteiger partial charge in [0.25, 0.3) is 5.78 Å². The Kier molecular flexibility index (Phi) is 3.19. The van der Waals surface area contributed by atoms with Gasteiger partial charge < -0.3 is 9.84 Å². The van der Waals surface area contributed by atoms with Crippen LogP contribution in [0, 0.1) is 0 Å². The highest BCUT2D eigenvalue weighted by Gasteiger charge is 2.17. The molecule has 0 fully saturated rings. The Morgan fingerprint density at radius 3 is 2.76 bits per heavy atom. The molecule has 1 N–H and O–H groups in total. The molecule has 0 bridgehead atoms. The van der Waals surface area contributed by atoms with Gasteiger partial charge in [0, 0.05) is 10.6 Å². The maximum absolute atomic E-state index is 11.4. The number of aromatic nitrogens is 4. The molecule has 0 unspecified atom stereocenters. The Morgan fingerprint density at radius 2 is 2.10 bits per heavy atom. The summed E-state index contributed by atoms with van der Waals surface area (Å²) in [4.78, 5) is 19.7. The minimum Gasteiger partial charge on any atom is -0.477 e. The molecule has 2 heterocycles. The molecule has 7 nitrogen and oxygen atoms in total. The van der Waals surface area contributed by atoms with Crippen LogP contribution in [0.2, 0.25) is 5.02 Å². The van der Waals surface area contributed by atoms with Crippen LogP contribution >= 0.6 is 11.6 Å². The average molecular weight is 305 g/mol. The third-order valence-corrected chi connectivity index (χ3v) is 3.17. The van der Waals surface area contributed by atoms with Gasteiger partial charge in [-0.1, -0.05) is 29.8 Å². The highest BCUT2D eigenvalue weighted by atomic mass is 35.5. The fraction of sp³-hybridized carbons (Fsp3) is 0.0769. The van der Waals surface area contributed by atoms with Crippen LogP contribution in [-0.4, -0.2) is 37.8 Å². The number of fused-ring (bicyclic) bond motifs is 1. The molecule has 3 aromatic rings. The van der Waals surface area contributed by atoms with Gasteiger partial charge in [-0.25, -0.2) is 9.78 Å². The number of hydrogen-bond donors (Lipinski definition) is 1. The van der Waals surface area contributed by atoms with Crippen LogP contribution in [0.5, 0.6) is 6.01 Å². The van der Waals surface area contributed by atoms with Gasteiger partial charge in [0.05, 0.1) is 12.8 Å². The molecular weight excluding hydrogens is 296 g/mol. The SMILES string of the molecule is COc1nc2nc(-c3ccccc3Cl)cc(C(=O)O)n2n1. The Labute approximate surface area is 123 Å². The van der Waals surface area contributed by atoms with E-state index in [9.17, 15) is 9.90 Å². The molecule has 2 aromatic heterocycles. The van der Waals surface area contributed by atoms with E-state index >= 15 is 0 Å². The molecule has 0 spiro atoms. The number of methoxy groups -OCH3 is 1. The summed E-state index contributed by atoms with van der Waals surface area (Å²) in [5, 5.41) is 13.7. The number of benzene rings is 1. The minimum atomic E-state index is -1.15. The zero-order valence-electron chi connectivity index (χ0n) is 10.8. The molecule has 0 atom stereocenters. The van der Waals surface area contributed by atoms with Gasteiger partial charge in [0.2, 0.25) is 0 Å². The van der Waals surface area contributed by atoms with E-state index in [-0.39, 0.29) is 17.5 Å². The monoisotopic (exact) mass is 304 g/mol. The molecule has 0 aliphatic rings. The number of carboxylic acids is 1. The molecule has 0 amide bonds. The lowest BCUT2D eigenvalue weighted by Gasteiger charge is -2.05. The van der Waals surface area contributed by atoms with E-state index in [1.807, 2.05) is 0 Å². The van der Waals surface area contributed by atoms with Crippen molar-refractivity contribution in [3.63, 3.8) is 0 Å². The summed E-state index contributed by atoms with van der Waals surface area (Å²) >= 11 is 6.12. The van der Waals surface area contributed by atoms with Crippen molar-refractivity contribution in [2.45, 2.75) is 0 Å². The maximum atomic E-state index is 11.4. The van der Waals surface area contributed by atoms with Gasteiger partial charge in [-0.3, -0.25) is 0 Å². The zero-order chi connectivity index (χ0) is 15.0. The first-order chi connectivity index (χ1) is 10.1. The largest absolute Gasteiger partial charge is 0.477 e. The highest BCUT2D eigenvalue weighted by molar-refractivity contribution is 6.33. The second kappa shape index (κ2) is 5.02. The van der Waals surface area contributed by atoms with E-state index in [1.54, 1.807) is 24.3 Å². The standard InChI is InChI=1S/C13H9ClN4O3/c1-21-13-16-12-15-9(7-4-2-3-5-8(7)14)6-10(11(19)20)18(12)17-13/h2-6H,1H3,(H,19,20). The molecule has 0 saturated heterocycles. The second-order valence-corrected chi connectivity index (χ2v) is 4.53. The van der Waals surface area contributed by atoms with Gasteiger partial charge >= 0.3 is 12.0 Å². The molecule has 0 aliphatic heterocycles. The van der Waals surface area contributed by atoms with E-state index in [1.165, 1.54) is 13.2 Å². The van der Waals surface area contributed by atoms with Gasteiger partial charge in [0.15, 0.2) is 5.69 Å². The number of rotatable bonds is 3.